The van der Waals surface area contributed by atoms with Crippen LogP contribution in [-0.2, 0) is 16.6 Å². The first-order valence-electron chi connectivity index (χ1n) is 15.9. The molecular formula is C42H39N3. The van der Waals surface area contributed by atoms with Gasteiger partial charge in [0.25, 0.3) is 0 Å². The number of para-hydroxylation sites is 3. The van der Waals surface area contributed by atoms with E-state index < -0.39 is 16.6 Å². The van der Waals surface area contributed by atoms with Gasteiger partial charge in [-0.05, 0) is 72.4 Å². The molecular weight excluding hydrogens is 546 g/mol. The molecule has 0 aromatic heterocycles. The lowest BCUT2D eigenvalue weighted by atomic mass is 9.74. The zero-order valence-corrected chi connectivity index (χ0v) is 25.4. The second-order valence-electron chi connectivity index (χ2n) is 12.2. The highest BCUT2D eigenvalue weighted by Crippen LogP contribution is 2.44. The number of hydrogen-bond donors (Lipinski definition) is 3. The van der Waals surface area contributed by atoms with Crippen molar-refractivity contribution in [2.24, 2.45) is 0 Å². The van der Waals surface area contributed by atoms with Crippen molar-refractivity contribution in [3.63, 3.8) is 0 Å². The number of nitrogens with one attached hydrogen (secondary N) is 3. The van der Waals surface area contributed by atoms with Crippen LogP contribution in [-0.4, -0.2) is 0 Å². The number of allylic oxidation sites excluding steroid dienone is 6. The number of rotatable bonds is 9. The van der Waals surface area contributed by atoms with Crippen molar-refractivity contribution in [2.45, 2.75) is 35.9 Å². The van der Waals surface area contributed by atoms with E-state index >= 15 is 0 Å². The number of hydrogen-bond acceptors (Lipinski definition) is 3. The van der Waals surface area contributed by atoms with Crippen LogP contribution in [0.1, 0.15) is 36.0 Å². The molecule has 3 atom stereocenters. The van der Waals surface area contributed by atoms with Crippen LogP contribution in [0.25, 0.3) is 0 Å². The average molecular weight is 586 g/mol. The molecule has 0 saturated heterocycles. The molecule has 7 rings (SSSR count). The van der Waals surface area contributed by atoms with Crippen LogP contribution < -0.4 is 16.0 Å². The van der Waals surface area contributed by atoms with Crippen molar-refractivity contribution in [3.05, 3.63) is 199 Å². The predicted octanol–water partition coefficient (Wildman–Crippen LogP) is 10.2. The molecule has 3 aliphatic rings. The monoisotopic (exact) mass is 585 g/mol. The molecule has 0 spiro atoms. The van der Waals surface area contributed by atoms with Crippen molar-refractivity contribution in [3.8, 4) is 0 Å². The second kappa shape index (κ2) is 12.4. The van der Waals surface area contributed by atoms with Crippen LogP contribution in [0, 0.1) is 0 Å². The maximum absolute atomic E-state index is 3.95. The maximum atomic E-state index is 3.95. The standard InChI is InChI=1S/C42H39N3/c1-7-19-37(20-8-1)43-40(25-13-4-14-26-40)34-31-35(41(27-15-5-16-28-41)44-38-21-9-2-10-22-38)33-36(32-34)42(29-17-6-18-30-42)45-39-23-11-3-12-24-39/h1-25,27,29,31-33,43-45H,26,28,30H2. The van der Waals surface area contributed by atoms with E-state index in [1.54, 1.807) is 0 Å². The average Bonchev–Trinajstić information content (AvgIpc) is 3.11. The van der Waals surface area contributed by atoms with Gasteiger partial charge >= 0.3 is 0 Å². The summed E-state index contributed by atoms with van der Waals surface area (Å²) in [5.41, 5.74) is 5.71. The molecule has 0 radical (unpaired) electrons. The summed E-state index contributed by atoms with van der Waals surface area (Å²) >= 11 is 0. The molecule has 4 aromatic carbocycles. The number of benzene rings is 4. The van der Waals surface area contributed by atoms with E-state index in [-0.39, 0.29) is 0 Å². The van der Waals surface area contributed by atoms with E-state index in [0.29, 0.717) is 0 Å². The van der Waals surface area contributed by atoms with Crippen LogP contribution in [0.15, 0.2) is 182 Å². The Labute approximate surface area is 267 Å². The van der Waals surface area contributed by atoms with Gasteiger partial charge in [-0.1, -0.05) is 146 Å². The molecule has 3 nitrogen and oxygen atoms in total. The fraction of sp³-hybridized carbons (Fsp3) is 0.143. The Morgan fingerprint density at radius 2 is 0.644 bits per heavy atom. The Kier molecular flexibility index (Phi) is 7.83. The Balaban J connectivity index is 1.44. The summed E-state index contributed by atoms with van der Waals surface area (Å²) in [5.74, 6) is 0. The third-order valence-corrected chi connectivity index (χ3v) is 9.11. The Morgan fingerprint density at radius 1 is 0.356 bits per heavy atom. The SMILES string of the molecule is C1=CCC(Nc2ccccc2)(c2cc(C3(Nc4ccccc4)C=CC=CC3)cc(C3(Nc4ccccc4)C=CC=CC3)c2)C=C1. The first kappa shape index (κ1) is 28.5. The largest absolute Gasteiger partial charge is 0.372 e. The molecule has 3 heteroatoms. The molecule has 0 aliphatic heterocycles. The van der Waals surface area contributed by atoms with Gasteiger partial charge in [0, 0.05) is 17.1 Å². The summed E-state index contributed by atoms with van der Waals surface area (Å²) in [6, 6.07) is 38.9. The van der Waals surface area contributed by atoms with E-state index in [2.05, 4.69) is 198 Å². The summed E-state index contributed by atoms with van der Waals surface area (Å²) in [5, 5.41) is 11.9. The molecule has 3 N–H and O–H groups in total. The number of anilines is 3. The lowest BCUT2D eigenvalue weighted by molar-refractivity contribution is 0.576. The van der Waals surface area contributed by atoms with Crippen molar-refractivity contribution < 1.29 is 0 Å². The topological polar surface area (TPSA) is 36.1 Å². The van der Waals surface area contributed by atoms with Crippen molar-refractivity contribution in [1.82, 2.24) is 0 Å². The van der Waals surface area contributed by atoms with E-state index in [4.69, 9.17) is 0 Å². The van der Waals surface area contributed by atoms with Crippen LogP contribution in [0.2, 0.25) is 0 Å². The predicted molar refractivity (Wildman–Crippen MR) is 190 cm³/mol. The van der Waals surface area contributed by atoms with E-state index in [9.17, 15) is 0 Å². The Hall–Kier alpha value is -5.28. The Bertz CT molecular complexity index is 1570. The van der Waals surface area contributed by atoms with Crippen molar-refractivity contribution in [1.29, 1.82) is 0 Å². The van der Waals surface area contributed by atoms with Crippen LogP contribution in [0.3, 0.4) is 0 Å². The maximum Gasteiger partial charge on any atom is 0.0847 e. The van der Waals surface area contributed by atoms with Gasteiger partial charge in [-0.3, -0.25) is 0 Å². The van der Waals surface area contributed by atoms with Gasteiger partial charge in [0.05, 0.1) is 16.6 Å². The van der Waals surface area contributed by atoms with Gasteiger partial charge in [0.2, 0.25) is 0 Å². The molecule has 45 heavy (non-hydrogen) atoms. The minimum Gasteiger partial charge on any atom is -0.372 e. The fourth-order valence-corrected chi connectivity index (χ4v) is 6.74. The van der Waals surface area contributed by atoms with Crippen molar-refractivity contribution in [2.75, 3.05) is 16.0 Å². The van der Waals surface area contributed by atoms with Gasteiger partial charge in [-0.15, -0.1) is 0 Å². The zero-order valence-electron chi connectivity index (χ0n) is 25.4. The second-order valence-corrected chi connectivity index (χ2v) is 12.2. The molecule has 3 unspecified atom stereocenters. The quantitative estimate of drug-likeness (QED) is 0.183. The highest BCUT2D eigenvalue weighted by molar-refractivity contribution is 5.60. The molecule has 0 amide bonds. The minimum atomic E-state index is -0.425. The van der Waals surface area contributed by atoms with E-state index in [1.807, 2.05) is 0 Å². The molecule has 0 fully saturated rings. The van der Waals surface area contributed by atoms with Crippen molar-refractivity contribution >= 4 is 17.1 Å². The molecule has 0 saturated carbocycles. The van der Waals surface area contributed by atoms with Crippen LogP contribution in [0.4, 0.5) is 17.1 Å². The minimum absolute atomic E-state index is 0.425. The fourth-order valence-electron chi connectivity index (χ4n) is 6.74. The molecule has 0 bridgehead atoms. The lowest BCUT2D eigenvalue weighted by Crippen LogP contribution is -2.39. The molecule has 0 heterocycles. The van der Waals surface area contributed by atoms with Crippen LogP contribution >= 0.6 is 0 Å². The van der Waals surface area contributed by atoms with Gasteiger partial charge in [0.15, 0.2) is 0 Å². The van der Waals surface area contributed by atoms with Gasteiger partial charge in [-0.25, -0.2) is 0 Å². The third kappa shape index (κ3) is 5.94. The molecule has 3 aliphatic carbocycles. The molecule has 4 aromatic rings. The zero-order chi connectivity index (χ0) is 30.4. The smallest absolute Gasteiger partial charge is 0.0847 e. The highest BCUT2D eigenvalue weighted by Gasteiger charge is 2.38. The van der Waals surface area contributed by atoms with E-state index in [1.165, 1.54) is 16.7 Å². The van der Waals surface area contributed by atoms with Gasteiger partial charge < -0.3 is 16.0 Å². The summed E-state index contributed by atoms with van der Waals surface area (Å²) in [6.45, 7) is 0. The Morgan fingerprint density at radius 3 is 0.889 bits per heavy atom. The lowest BCUT2D eigenvalue weighted by Gasteiger charge is -2.41. The summed E-state index contributed by atoms with van der Waals surface area (Å²) in [7, 11) is 0. The molecule has 222 valence electrons. The summed E-state index contributed by atoms with van der Waals surface area (Å²) in [6.07, 6.45) is 29.3. The highest BCUT2D eigenvalue weighted by atomic mass is 15.0. The van der Waals surface area contributed by atoms with Crippen LogP contribution in [0.5, 0.6) is 0 Å². The van der Waals surface area contributed by atoms with Gasteiger partial charge in [-0.2, -0.15) is 0 Å². The summed E-state index contributed by atoms with van der Waals surface area (Å²) in [4.78, 5) is 0. The van der Waals surface area contributed by atoms with Gasteiger partial charge in [0.1, 0.15) is 0 Å². The first-order valence-corrected chi connectivity index (χ1v) is 15.9. The van der Waals surface area contributed by atoms with E-state index in [0.717, 1.165) is 36.3 Å². The summed E-state index contributed by atoms with van der Waals surface area (Å²) < 4.78 is 0. The normalized spacial score (nSPS) is 24.8. The first-order chi connectivity index (χ1) is 22.2. The third-order valence-electron chi connectivity index (χ3n) is 9.11.